The first-order valence-electron chi connectivity index (χ1n) is 9.43. The largest absolute Gasteiger partial charge is 0.453 e. The summed E-state index contributed by atoms with van der Waals surface area (Å²) in [7, 11) is 0. The van der Waals surface area contributed by atoms with Gasteiger partial charge in [0, 0.05) is 5.69 Å². The molecule has 142 valence electrons. The third-order valence-corrected chi connectivity index (χ3v) is 4.73. The van der Waals surface area contributed by atoms with Crippen molar-refractivity contribution in [2.45, 2.75) is 19.1 Å². The number of benzene rings is 3. The topological polar surface area (TPSA) is 41.9 Å². The van der Waals surface area contributed by atoms with Crippen LogP contribution in [0.5, 0.6) is 11.5 Å². The lowest BCUT2D eigenvalue weighted by atomic mass is 10.1. The molecular weight excluding hydrogens is 350 g/mol. The van der Waals surface area contributed by atoms with Crippen molar-refractivity contribution in [3.63, 3.8) is 0 Å². The summed E-state index contributed by atoms with van der Waals surface area (Å²) in [5.74, 6) is 1.70. The second kappa shape index (κ2) is 8.30. The molecule has 3 aromatic rings. The van der Waals surface area contributed by atoms with E-state index in [9.17, 15) is 5.11 Å². The number of para-hydroxylation sites is 4. The van der Waals surface area contributed by atoms with Crippen molar-refractivity contribution < 1.29 is 14.6 Å². The van der Waals surface area contributed by atoms with Gasteiger partial charge in [-0.25, -0.2) is 0 Å². The Labute approximate surface area is 165 Å². The molecule has 4 rings (SSSR count). The second-order valence-electron chi connectivity index (χ2n) is 6.64. The first-order valence-corrected chi connectivity index (χ1v) is 9.43. The second-order valence-corrected chi connectivity index (χ2v) is 6.64. The molecule has 0 radical (unpaired) electrons. The van der Waals surface area contributed by atoms with Gasteiger partial charge < -0.3 is 19.5 Å². The number of nitrogens with zero attached hydrogens (tertiary/aromatic N) is 1. The molecule has 4 nitrogen and oxygen atoms in total. The number of aliphatic hydroxyl groups is 1. The molecule has 0 fully saturated rings. The van der Waals surface area contributed by atoms with Crippen LogP contribution < -0.4 is 9.64 Å². The number of aliphatic hydroxyl groups excluding tert-OH is 1. The van der Waals surface area contributed by atoms with Gasteiger partial charge in [-0.15, -0.1) is 0 Å². The normalized spacial score (nSPS) is 13.2. The van der Waals surface area contributed by atoms with Crippen LogP contribution in [0.1, 0.15) is 12.0 Å². The lowest BCUT2D eigenvalue weighted by Crippen LogP contribution is -2.15. The highest BCUT2D eigenvalue weighted by atomic mass is 16.6. The van der Waals surface area contributed by atoms with Crippen LogP contribution in [-0.2, 0) is 11.2 Å². The van der Waals surface area contributed by atoms with E-state index in [0.29, 0.717) is 6.61 Å². The van der Waals surface area contributed by atoms with Gasteiger partial charge >= 0.3 is 0 Å². The van der Waals surface area contributed by atoms with Crippen LogP contribution in [0.25, 0.3) is 0 Å². The Kier molecular flexibility index (Phi) is 5.42. The molecule has 0 amide bonds. The van der Waals surface area contributed by atoms with Crippen LogP contribution in [-0.4, -0.2) is 18.0 Å². The minimum atomic E-state index is -0.885. The SMILES string of the molecule is C=CC(O)OCCCc1ccc(N2c3ccccc3Oc3ccccc32)cc1. The van der Waals surface area contributed by atoms with E-state index < -0.39 is 6.29 Å². The fourth-order valence-electron chi connectivity index (χ4n) is 3.34. The first-order chi connectivity index (χ1) is 13.8. The molecule has 1 aliphatic rings. The standard InChI is InChI=1S/C24H23NO3/c1-2-24(26)27-17-7-8-18-13-15-19(16-14-18)25-20-9-3-5-11-22(20)28-23-12-6-4-10-21(23)25/h2-6,9-16,24,26H,1,7-8,17H2. The minimum absolute atomic E-state index is 0.499. The van der Waals surface area contributed by atoms with Crippen molar-refractivity contribution in [2.24, 2.45) is 0 Å². The lowest BCUT2D eigenvalue weighted by Gasteiger charge is -2.32. The highest BCUT2D eigenvalue weighted by Crippen LogP contribution is 2.49. The van der Waals surface area contributed by atoms with Crippen LogP contribution in [0.4, 0.5) is 17.1 Å². The van der Waals surface area contributed by atoms with E-state index in [1.54, 1.807) is 0 Å². The Morgan fingerprint density at radius 3 is 2.14 bits per heavy atom. The van der Waals surface area contributed by atoms with Gasteiger partial charge in [0.2, 0.25) is 0 Å². The molecule has 1 N–H and O–H groups in total. The van der Waals surface area contributed by atoms with Crippen LogP contribution in [0, 0.1) is 0 Å². The van der Waals surface area contributed by atoms with E-state index in [0.717, 1.165) is 41.4 Å². The number of anilines is 3. The number of fused-ring (bicyclic) bond motifs is 2. The molecular formula is C24H23NO3. The Hall–Kier alpha value is -3.08. The van der Waals surface area contributed by atoms with E-state index in [1.807, 2.05) is 36.4 Å². The van der Waals surface area contributed by atoms with Crippen molar-refractivity contribution in [1.82, 2.24) is 0 Å². The average molecular weight is 373 g/mol. The van der Waals surface area contributed by atoms with E-state index in [-0.39, 0.29) is 0 Å². The molecule has 0 saturated carbocycles. The van der Waals surface area contributed by atoms with Crippen LogP contribution in [0.2, 0.25) is 0 Å². The minimum Gasteiger partial charge on any atom is -0.453 e. The average Bonchev–Trinajstić information content (AvgIpc) is 2.75. The molecule has 0 bridgehead atoms. The Morgan fingerprint density at radius 1 is 0.929 bits per heavy atom. The van der Waals surface area contributed by atoms with Gasteiger partial charge in [-0.1, -0.05) is 43.0 Å². The van der Waals surface area contributed by atoms with Gasteiger partial charge in [0.25, 0.3) is 0 Å². The number of aryl methyl sites for hydroxylation is 1. The van der Waals surface area contributed by atoms with Crippen molar-refractivity contribution in [2.75, 3.05) is 11.5 Å². The molecule has 1 unspecified atom stereocenters. The summed E-state index contributed by atoms with van der Waals surface area (Å²) >= 11 is 0. The van der Waals surface area contributed by atoms with Gasteiger partial charge in [0.05, 0.1) is 18.0 Å². The van der Waals surface area contributed by atoms with Gasteiger partial charge in [0.15, 0.2) is 17.8 Å². The molecule has 1 aliphatic heterocycles. The maximum Gasteiger partial charge on any atom is 0.173 e. The van der Waals surface area contributed by atoms with Gasteiger partial charge in [0.1, 0.15) is 0 Å². The maximum atomic E-state index is 9.34. The smallest absolute Gasteiger partial charge is 0.173 e. The summed E-state index contributed by atoms with van der Waals surface area (Å²) in [4.78, 5) is 2.22. The number of rotatable bonds is 7. The van der Waals surface area contributed by atoms with Crippen molar-refractivity contribution >= 4 is 17.1 Å². The zero-order chi connectivity index (χ0) is 19.3. The molecule has 0 aliphatic carbocycles. The predicted molar refractivity (Wildman–Crippen MR) is 112 cm³/mol. The van der Waals surface area contributed by atoms with E-state index in [4.69, 9.17) is 9.47 Å². The van der Waals surface area contributed by atoms with Gasteiger partial charge in [-0.2, -0.15) is 0 Å². The third-order valence-electron chi connectivity index (χ3n) is 4.73. The summed E-state index contributed by atoms with van der Waals surface area (Å²) in [5, 5.41) is 9.34. The molecule has 0 spiro atoms. The molecule has 4 heteroatoms. The summed E-state index contributed by atoms with van der Waals surface area (Å²) in [6.07, 6.45) is 2.23. The van der Waals surface area contributed by atoms with Crippen molar-refractivity contribution in [3.8, 4) is 11.5 Å². The highest BCUT2D eigenvalue weighted by molar-refractivity contribution is 5.86. The predicted octanol–water partition coefficient (Wildman–Crippen LogP) is 5.72. The fourth-order valence-corrected chi connectivity index (χ4v) is 3.34. The fraction of sp³-hybridized carbons (Fsp3) is 0.167. The molecule has 0 saturated heterocycles. The molecule has 28 heavy (non-hydrogen) atoms. The lowest BCUT2D eigenvalue weighted by molar-refractivity contribution is -0.0643. The quantitative estimate of drug-likeness (QED) is 0.256. The molecule has 1 heterocycles. The van der Waals surface area contributed by atoms with Crippen molar-refractivity contribution in [3.05, 3.63) is 91.0 Å². The monoisotopic (exact) mass is 373 g/mol. The van der Waals surface area contributed by atoms with Crippen LogP contribution >= 0.6 is 0 Å². The van der Waals surface area contributed by atoms with E-state index in [1.165, 1.54) is 11.6 Å². The van der Waals surface area contributed by atoms with Crippen LogP contribution in [0.15, 0.2) is 85.5 Å². The number of hydrogen-bond acceptors (Lipinski definition) is 4. The first kappa shape index (κ1) is 18.3. The highest BCUT2D eigenvalue weighted by Gasteiger charge is 2.24. The summed E-state index contributed by atoms with van der Waals surface area (Å²) in [5.41, 5.74) is 4.38. The summed E-state index contributed by atoms with van der Waals surface area (Å²) in [6.45, 7) is 3.99. The molecule has 3 aromatic carbocycles. The van der Waals surface area contributed by atoms with Gasteiger partial charge in [-0.05, 0) is 60.9 Å². The Morgan fingerprint density at radius 2 is 1.54 bits per heavy atom. The zero-order valence-electron chi connectivity index (χ0n) is 15.6. The third kappa shape index (κ3) is 3.79. The zero-order valence-corrected chi connectivity index (χ0v) is 15.6. The molecule has 0 aromatic heterocycles. The van der Waals surface area contributed by atoms with E-state index >= 15 is 0 Å². The Bertz CT molecular complexity index is 907. The summed E-state index contributed by atoms with van der Waals surface area (Å²) < 4.78 is 11.3. The number of hydrogen-bond donors (Lipinski definition) is 1. The van der Waals surface area contributed by atoms with Crippen LogP contribution in [0.3, 0.4) is 0 Å². The van der Waals surface area contributed by atoms with Crippen molar-refractivity contribution in [1.29, 1.82) is 0 Å². The molecule has 1 atom stereocenters. The summed E-state index contributed by atoms with van der Waals surface area (Å²) in [6, 6.07) is 24.7. The number of ether oxygens (including phenoxy) is 2. The Balaban J connectivity index is 1.54. The van der Waals surface area contributed by atoms with Gasteiger partial charge in [-0.3, -0.25) is 0 Å². The van der Waals surface area contributed by atoms with E-state index in [2.05, 4.69) is 47.9 Å². The maximum absolute atomic E-state index is 9.34.